The molecular weight excluding hydrogens is 426 g/mol. The van der Waals surface area contributed by atoms with Crippen LogP contribution in [0.25, 0.3) is 11.1 Å². The molecule has 0 amide bonds. The number of aromatic carboxylic acids is 1. The van der Waals surface area contributed by atoms with Crippen molar-refractivity contribution in [3.05, 3.63) is 76.0 Å². The molecule has 0 bridgehead atoms. The molecule has 3 rings (SSSR count). The zero-order chi connectivity index (χ0) is 24.5. The summed E-state index contributed by atoms with van der Waals surface area (Å²) in [5, 5.41) is 14.2. The van der Waals surface area contributed by atoms with E-state index in [1.807, 2.05) is 36.4 Å². The Kier molecular flexibility index (Phi) is 9.25. The molecule has 6 nitrogen and oxygen atoms in total. The van der Waals surface area contributed by atoms with Gasteiger partial charge in [0.2, 0.25) is 0 Å². The maximum Gasteiger partial charge on any atom is 0.346 e. The third-order valence-electron chi connectivity index (χ3n) is 6.18. The Balaban J connectivity index is 1.80. The smallest absolute Gasteiger partial charge is 0.346 e. The van der Waals surface area contributed by atoms with Gasteiger partial charge < -0.3 is 5.11 Å². The van der Waals surface area contributed by atoms with Gasteiger partial charge in [0.1, 0.15) is 5.82 Å². The summed E-state index contributed by atoms with van der Waals surface area (Å²) in [6.45, 7) is 7.68. The van der Waals surface area contributed by atoms with E-state index in [1.165, 1.54) is 19.3 Å². The lowest BCUT2D eigenvalue weighted by Gasteiger charge is -2.09. The normalized spacial score (nSPS) is 11.3. The van der Waals surface area contributed by atoms with Crippen molar-refractivity contribution in [1.82, 2.24) is 14.3 Å². The van der Waals surface area contributed by atoms with E-state index >= 15 is 0 Å². The van der Waals surface area contributed by atoms with E-state index in [1.54, 1.807) is 21.4 Å². The van der Waals surface area contributed by atoms with Gasteiger partial charge in [0, 0.05) is 13.0 Å². The zero-order valence-electron chi connectivity index (χ0n) is 20.7. The van der Waals surface area contributed by atoms with E-state index in [2.05, 4.69) is 20.8 Å². The number of hydrogen-bond acceptors (Lipinski definition) is 3. The predicted octanol–water partition coefficient (Wildman–Crippen LogP) is 6.02. The Morgan fingerprint density at radius 1 is 1.00 bits per heavy atom. The number of unbranched alkanes of at least 4 members (excludes halogenated alkanes) is 4. The van der Waals surface area contributed by atoms with Crippen LogP contribution in [0.15, 0.2) is 53.3 Å². The number of carboxylic acids is 1. The summed E-state index contributed by atoms with van der Waals surface area (Å²) in [4.78, 5) is 24.7. The lowest BCUT2D eigenvalue weighted by atomic mass is 9.99. The highest BCUT2D eigenvalue weighted by Crippen LogP contribution is 2.24. The van der Waals surface area contributed by atoms with Crippen LogP contribution in [0.3, 0.4) is 0 Å². The van der Waals surface area contributed by atoms with Crippen LogP contribution in [-0.2, 0) is 19.5 Å². The van der Waals surface area contributed by atoms with E-state index in [0.29, 0.717) is 24.6 Å². The van der Waals surface area contributed by atoms with Gasteiger partial charge in [-0.2, -0.15) is 5.10 Å². The average Bonchev–Trinajstić information content (AvgIpc) is 3.12. The highest BCUT2D eigenvalue weighted by Gasteiger charge is 2.15. The van der Waals surface area contributed by atoms with Crippen molar-refractivity contribution in [2.75, 3.05) is 0 Å². The summed E-state index contributed by atoms with van der Waals surface area (Å²) in [5.41, 5.74) is 2.76. The number of benzene rings is 2. The molecule has 0 saturated carbocycles. The highest BCUT2D eigenvalue weighted by atomic mass is 16.4. The minimum Gasteiger partial charge on any atom is -0.478 e. The molecule has 0 unspecified atom stereocenters. The molecule has 0 atom stereocenters. The standard InChI is InChI=1S/C28H37N3O3/c1-4-5-6-7-10-19-31-28(34)30(26(29-31)18-13-21(2)3)20-22-14-16-23(17-15-22)24-11-8-9-12-25(24)27(32)33/h8-9,11-12,14-17,21H,4-7,10,13,18-20H2,1-3H3,(H,32,33). The van der Waals surface area contributed by atoms with E-state index in [9.17, 15) is 14.7 Å². The van der Waals surface area contributed by atoms with Crippen LogP contribution < -0.4 is 5.69 Å². The third-order valence-corrected chi connectivity index (χ3v) is 6.18. The highest BCUT2D eigenvalue weighted by molar-refractivity contribution is 5.95. The summed E-state index contributed by atoms with van der Waals surface area (Å²) >= 11 is 0. The molecule has 1 heterocycles. The Morgan fingerprint density at radius 3 is 2.38 bits per heavy atom. The first-order valence-electron chi connectivity index (χ1n) is 12.5. The third kappa shape index (κ3) is 6.69. The summed E-state index contributed by atoms with van der Waals surface area (Å²) in [5.74, 6) is 0.437. The molecule has 34 heavy (non-hydrogen) atoms. The van der Waals surface area contributed by atoms with Crippen LogP contribution in [0, 0.1) is 5.92 Å². The molecule has 182 valence electrons. The first-order valence-corrected chi connectivity index (χ1v) is 12.5. The molecule has 6 heteroatoms. The van der Waals surface area contributed by atoms with E-state index < -0.39 is 5.97 Å². The monoisotopic (exact) mass is 463 g/mol. The fourth-order valence-electron chi connectivity index (χ4n) is 4.15. The van der Waals surface area contributed by atoms with Gasteiger partial charge in [-0.3, -0.25) is 4.57 Å². The average molecular weight is 464 g/mol. The van der Waals surface area contributed by atoms with Gasteiger partial charge in [-0.15, -0.1) is 0 Å². The maximum absolute atomic E-state index is 13.2. The van der Waals surface area contributed by atoms with Crippen LogP contribution in [0.1, 0.15) is 81.0 Å². The first-order chi connectivity index (χ1) is 16.4. The van der Waals surface area contributed by atoms with Crippen molar-refractivity contribution in [1.29, 1.82) is 0 Å². The summed E-state index contributed by atoms with van der Waals surface area (Å²) in [6.07, 6.45) is 7.48. The molecule has 0 aliphatic rings. The summed E-state index contributed by atoms with van der Waals surface area (Å²) in [6, 6.07) is 14.8. The number of carboxylic acid groups (broad SMARTS) is 1. The quantitative estimate of drug-likeness (QED) is 0.315. The number of carbonyl (C=O) groups is 1. The fraction of sp³-hybridized carbons (Fsp3) is 0.464. The molecule has 2 aromatic carbocycles. The lowest BCUT2D eigenvalue weighted by Crippen LogP contribution is -2.26. The molecular formula is C28H37N3O3. The van der Waals surface area contributed by atoms with E-state index in [0.717, 1.165) is 42.6 Å². The predicted molar refractivity (Wildman–Crippen MR) is 136 cm³/mol. The lowest BCUT2D eigenvalue weighted by molar-refractivity contribution is 0.0697. The number of nitrogens with zero attached hydrogens (tertiary/aromatic N) is 3. The minimum absolute atomic E-state index is 0.0467. The molecule has 0 saturated heterocycles. The van der Waals surface area contributed by atoms with Crippen LogP contribution in [0.5, 0.6) is 0 Å². The molecule has 0 fully saturated rings. The van der Waals surface area contributed by atoms with Gasteiger partial charge >= 0.3 is 11.7 Å². The number of hydrogen-bond donors (Lipinski definition) is 1. The van der Waals surface area contributed by atoms with Crippen molar-refractivity contribution < 1.29 is 9.90 Å². The molecule has 0 aliphatic heterocycles. The van der Waals surface area contributed by atoms with Crippen molar-refractivity contribution in [3.8, 4) is 11.1 Å². The van der Waals surface area contributed by atoms with Crippen LogP contribution in [0.4, 0.5) is 0 Å². The largest absolute Gasteiger partial charge is 0.478 e. The first kappa shape index (κ1) is 25.5. The van der Waals surface area contributed by atoms with Gasteiger partial charge in [0.25, 0.3) is 0 Å². The minimum atomic E-state index is -0.942. The van der Waals surface area contributed by atoms with Crippen molar-refractivity contribution in [3.63, 3.8) is 0 Å². The van der Waals surface area contributed by atoms with Crippen LogP contribution in [0.2, 0.25) is 0 Å². The molecule has 1 aromatic heterocycles. The number of aromatic nitrogens is 3. The SMILES string of the molecule is CCCCCCCn1nc(CCC(C)C)n(Cc2ccc(-c3ccccc3C(=O)O)cc2)c1=O. The van der Waals surface area contributed by atoms with Crippen LogP contribution in [-0.4, -0.2) is 25.4 Å². The molecule has 3 aromatic rings. The second-order valence-electron chi connectivity index (χ2n) is 9.40. The van der Waals surface area contributed by atoms with E-state index in [4.69, 9.17) is 5.10 Å². The van der Waals surface area contributed by atoms with Crippen molar-refractivity contribution in [2.24, 2.45) is 5.92 Å². The van der Waals surface area contributed by atoms with Crippen molar-refractivity contribution >= 4 is 5.97 Å². The topological polar surface area (TPSA) is 77.1 Å². The Morgan fingerprint density at radius 2 is 1.71 bits per heavy atom. The number of rotatable bonds is 13. The van der Waals surface area contributed by atoms with Gasteiger partial charge in [-0.25, -0.2) is 14.3 Å². The van der Waals surface area contributed by atoms with E-state index in [-0.39, 0.29) is 11.3 Å². The fourth-order valence-corrected chi connectivity index (χ4v) is 4.15. The Hall–Kier alpha value is -3.15. The molecule has 0 spiro atoms. The molecule has 0 radical (unpaired) electrons. The van der Waals surface area contributed by atoms with Gasteiger partial charge in [-0.1, -0.05) is 88.9 Å². The molecule has 0 aliphatic carbocycles. The molecule has 1 N–H and O–H groups in total. The van der Waals surface area contributed by atoms with Crippen LogP contribution >= 0.6 is 0 Å². The van der Waals surface area contributed by atoms with Gasteiger partial charge in [-0.05, 0) is 41.5 Å². The van der Waals surface area contributed by atoms with Crippen molar-refractivity contribution in [2.45, 2.75) is 78.8 Å². The second kappa shape index (κ2) is 12.4. The summed E-state index contributed by atoms with van der Waals surface area (Å²) in [7, 11) is 0. The zero-order valence-corrected chi connectivity index (χ0v) is 20.7. The second-order valence-corrected chi connectivity index (χ2v) is 9.40. The maximum atomic E-state index is 13.2. The number of aryl methyl sites for hydroxylation is 2. The van der Waals surface area contributed by atoms with Gasteiger partial charge in [0.15, 0.2) is 0 Å². The Labute approximate surface area is 202 Å². The Bertz CT molecular complexity index is 1130. The summed E-state index contributed by atoms with van der Waals surface area (Å²) < 4.78 is 3.44. The van der Waals surface area contributed by atoms with Gasteiger partial charge in [0.05, 0.1) is 12.1 Å².